The van der Waals surface area contributed by atoms with Crippen molar-refractivity contribution < 1.29 is 24.2 Å². The molecule has 0 saturated heterocycles. The van der Waals surface area contributed by atoms with Gasteiger partial charge in [-0.1, -0.05) is 20.8 Å². The smallest absolute Gasteiger partial charge is 0.326 e. The van der Waals surface area contributed by atoms with Crippen molar-refractivity contribution in [2.24, 2.45) is 5.92 Å². The second-order valence-electron chi connectivity index (χ2n) is 5.32. The number of thiophene rings is 1. The predicted molar refractivity (Wildman–Crippen MR) is 87.9 cm³/mol. The fourth-order valence-electron chi connectivity index (χ4n) is 1.90. The molecule has 0 fully saturated rings. The topological polar surface area (TPSA) is 105 Å². The summed E-state index contributed by atoms with van der Waals surface area (Å²) < 4.78 is 4.75. The second-order valence-corrected chi connectivity index (χ2v) is 6.46. The number of amides is 2. The molecule has 23 heavy (non-hydrogen) atoms. The third-order valence-corrected chi connectivity index (χ3v) is 4.32. The number of nitrogens with one attached hydrogen (secondary N) is 2. The Balaban J connectivity index is 3.00. The first-order chi connectivity index (χ1) is 10.8. The molecule has 0 aliphatic heterocycles. The SMILES string of the molecule is CCc1cc(C(=O)NC(C(=O)O)C(C)C)c(NC(=O)COC)s1. The molecule has 0 saturated carbocycles. The molecule has 1 aromatic heterocycles. The summed E-state index contributed by atoms with van der Waals surface area (Å²) in [6, 6.07) is 0.678. The van der Waals surface area contributed by atoms with Crippen molar-refractivity contribution in [2.45, 2.75) is 33.2 Å². The molecule has 1 unspecified atom stereocenters. The van der Waals surface area contributed by atoms with E-state index in [1.807, 2.05) is 6.92 Å². The maximum Gasteiger partial charge on any atom is 0.326 e. The number of carbonyl (C=O) groups is 3. The Kier molecular flexibility index (Phi) is 7.18. The first-order valence-electron chi connectivity index (χ1n) is 7.25. The van der Waals surface area contributed by atoms with E-state index in [4.69, 9.17) is 4.74 Å². The molecule has 0 aliphatic rings. The number of ether oxygens (including phenoxy) is 1. The van der Waals surface area contributed by atoms with Crippen LogP contribution in [-0.2, 0) is 20.7 Å². The summed E-state index contributed by atoms with van der Waals surface area (Å²) in [5, 5.41) is 14.7. The number of hydrogen-bond donors (Lipinski definition) is 3. The van der Waals surface area contributed by atoms with Crippen LogP contribution in [0.4, 0.5) is 5.00 Å². The molecule has 1 atom stereocenters. The molecule has 0 bridgehead atoms. The quantitative estimate of drug-likeness (QED) is 0.667. The predicted octanol–water partition coefficient (Wildman–Crippen LogP) is 1.73. The third kappa shape index (κ3) is 5.33. The van der Waals surface area contributed by atoms with Gasteiger partial charge in [0.1, 0.15) is 17.6 Å². The Morgan fingerprint density at radius 2 is 2.00 bits per heavy atom. The summed E-state index contributed by atoms with van der Waals surface area (Å²) in [7, 11) is 1.40. The van der Waals surface area contributed by atoms with Gasteiger partial charge in [-0.15, -0.1) is 11.3 Å². The van der Waals surface area contributed by atoms with E-state index < -0.39 is 17.9 Å². The Morgan fingerprint density at radius 1 is 1.35 bits per heavy atom. The molecule has 2 amide bonds. The van der Waals surface area contributed by atoms with Crippen LogP contribution in [0.25, 0.3) is 0 Å². The van der Waals surface area contributed by atoms with Crippen LogP contribution in [0.5, 0.6) is 0 Å². The van der Waals surface area contributed by atoms with E-state index in [1.54, 1.807) is 19.9 Å². The number of carbonyl (C=O) groups excluding carboxylic acids is 2. The maximum absolute atomic E-state index is 12.4. The van der Waals surface area contributed by atoms with Gasteiger partial charge in [-0.05, 0) is 18.4 Å². The Hall–Kier alpha value is -1.93. The van der Waals surface area contributed by atoms with Crippen LogP contribution in [0, 0.1) is 5.92 Å². The van der Waals surface area contributed by atoms with Crippen LogP contribution in [0.15, 0.2) is 6.07 Å². The fourth-order valence-corrected chi connectivity index (χ4v) is 2.91. The van der Waals surface area contributed by atoms with E-state index >= 15 is 0 Å². The van der Waals surface area contributed by atoms with Gasteiger partial charge in [0.05, 0.1) is 5.56 Å². The summed E-state index contributed by atoms with van der Waals surface area (Å²) in [6.45, 7) is 5.24. The molecule has 3 N–H and O–H groups in total. The lowest BCUT2D eigenvalue weighted by Gasteiger charge is -2.18. The summed E-state index contributed by atoms with van der Waals surface area (Å²) in [4.78, 5) is 36.2. The highest BCUT2D eigenvalue weighted by Gasteiger charge is 2.26. The first kappa shape index (κ1) is 19.1. The normalized spacial score (nSPS) is 12.0. The maximum atomic E-state index is 12.4. The number of carboxylic acids is 1. The zero-order valence-electron chi connectivity index (χ0n) is 13.6. The highest BCUT2D eigenvalue weighted by atomic mass is 32.1. The first-order valence-corrected chi connectivity index (χ1v) is 8.06. The van der Waals surface area contributed by atoms with E-state index in [2.05, 4.69) is 10.6 Å². The molecular formula is C15H22N2O5S. The summed E-state index contributed by atoms with van der Waals surface area (Å²) >= 11 is 1.29. The van der Waals surface area contributed by atoms with E-state index in [9.17, 15) is 19.5 Å². The van der Waals surface area contributed by atoms with E-state index in [-0.39, 0.29) is 24.0 Å². The summed E-state index contributed by atoms with van der Waals surface area (Å²) in [6.07, 6.45) is 0.706. The van der Waals surface area contributed by atoms with Crippen LogP contribution in [-0.4, -0.2) is 42.6 Å². The molecule has 8 heteroatoms. The summed E-state index contributed by atoms with van der Waals surface area (Å²) in [5.41, 5.74) is 0.267. The van der Waals surface area contributed by atoms with Gasteiger partial charge in [-0.2, -0.15) is 0 Å². The minimum absolute atomic E-state index is 0.121. The molecule has 0 aromatic carbocycles. The van der Waals surface area contributed by atoms with Crippen molar-refractivity contribution >= 4 is 34.1 Å². The van der Waals surface area contributed by atoms with Gasteiger partial charge in [0.25, 0.3) is 11.8 Å². The van der Waals surface area contributed by atoms with Crippen molar-refractivity contribution in [1.29, 1.82) is 0 Å². The van der Waals surface area contributed by atoms with Crippen molar-refractivity contribution in [1.82, 2.24) is 5.32 Å². The van der Waals surface area contributed by atoms with Gasteiger partial charge in [-0.25, -0.2) is 4.79 Å². The lowest BCUT2D eigenvalue weighted by molar-refractivity contribution is -0.140. The Morgan fingerprint density at radius 3 is 2.48 bits per heavy atom. The molecule has 128 valence electrons. The molecular weight excluding hydrogens is 320 g/mol. The minimum atomic E-state index is -1.09. The number of anilines is 1. The average Bonchev–Trinajstić information content (AvgIpc) is 2.87. The number of rotatable bonds is 8. The van der Waals surface area contributed by atoms with Gasteiger partial charge in [-0.3, -0.25) is 9.59 Å². The van der Waals surface area contributed by atoms with Crippen LogP contribution in [0.3, 0.4) is 0 Å². The Labute approximate surface area is 139 Å². The molecule has 0 spiro atoms. The van der Waals surface area contributed by atoms with Crippen molar-refractivity contribution in [3.8, 4) is 0 Å². The lowest BCUT2D eigenvalue weighted by Crippen LogP contribution is -2.44. The van der Waals surface area contributed by atoms with E-state index in [0.717, 1.165) is 4.88 Å². The number of aliphatic carboxylic acids is 1. The van der Waals surface area contributed by atoms with E-state index in [0.29, 0.717) is 11.4 Å². The number of carboxylic acid groups (broad SMARTS) is 1. The van der Waals surface area contributed by atoms with Gasteiger partial charge >= 0.3 is 5.97 Å². The zero-order valence-corrected chi connectivity index (χ0v) is 14.5. The monoisotopic (exact) mass is 342 g/mol. The number of methoxy groups -OCH3 is 1. The van der Waals surface area contributed by atoms with Crippen LogP contribution in [0.1, 0.15) is 36.0 Å². The standard InChI is InChI=1S/C15H22N2O5S/c1-5-9-6-10(14(23-9)16-11(18)7-22-4)13(19)17-12(8(2)3)15(20)21/h6,8,12H,5,7H2,1-4H3,(H,16,18)(H,17,19)(H,20,21). The highest BCUT2D eigenvalue weighted by Crippen LogP contribution is 2.28. The molecule has 7 nitrogen and oxygen atoms in total. The average molecular weight is 342 g/mol. The van der Waals surface area contributed by atoms with Crippen molar-refractivity contribution in [3.05, 3.63) is 16.5 Å². The Bertz CT molecular complexity index is 582. The molecule has 1 heterocycles. The van der Waals surface area contributed by atoms with Gasteiger partial charge < -0.3 is 20.5 Å². The summed E-state index contributed by atoms with van der Waals surface area (Å²) in [5.74, 6) is -2.24. The van der Waals surface area contributed by atoms with E-state index in [1.165, 1.54) is 18.4 Å². The zero-order chi connectivity index (χ0) is 17.6. The second kappa shape index (κ2) is 8.64. The van der Waals surface area contributed by atoms with Gasteiger partial charge in [0.15, 0.2) is 0 Å². The molecule has 1 rings (SSSR count). The number of aryl methyl sites for hydroxylation is 1. The largest absolute Gasteiger partial charge is 0.480 e. The van der Waals surface area contributed by atoms with Gasteiger partial charge in [0, 0.05) is 12.0 Å². The minimum Gasteiger partial charge on any atom is -0.480 e. The van der Waals surface area contributed by atoms with Crippen molar-refractivity contribution in [3.63, 3.8) is 0 Å². The number of hydrogen-bond acceptors (Lipinski definition) is 5. The highest BCUT2D eigenvalue weighted by molar-refractivity contribution is 7.16. The van der Waals surface area contributed by atoms with Crippen LogP contribution < -0.4 is 10.6 Å². The molecule has 0 radical (unpaired) electrons. The van der Waals surface area contributed by atoms with Gasteiger partial charge in [0.2, 0.25) is 0 Å². The third-order valence-electron chi connectivity index (χ3n) is 3.12. The lowest BCUT2D eigenvalue weighted by atomic mass is 10.0. The fraction of sp³-hybridized carbons (Fsp3) is 0.533. The molecule has 1 aromatic rings. The van der Waals surface area contributed by atoms with Crippen LogP contribution in [0.2, 0.25) is 0 Å². The molecule has 0 aliphatic carbocycles. The van der Waals surface area contributed by atoms with Crippen molar-refractivity contribution in [2.75, 3.05) is 19.0 Å². The van der Waals surface area contributed by atoms with Crippen LogP contribution >= 0.6 is 11.3 Å².